The van der Waals surface area contributed by atoms with Crippen molar-refractivity contribution < 1.29 is 19.0 Å². The Morgan fingerprint density at radius 1 is 1.00 bits per heavy atom. The number of allylic oxidation sites excluding steroid dienone is 1. The second kappa shape index (κ2) is 11.2. The van der Waals surface area contributed by atoms with Gasteiger partial charge in [0, 0.05) is 13.2 Å². The molecule has 0 bridgehead atoms. The topological polar surface area (TPSA) is 47.9 Å². The SMILES string of the molecule is COCOC(C)(C)C/C=C\[C@](C)(O)[C@H]1CC[C@H]2[C@@H]3CC=C4C[C@@H](O[Si](C)(C)C(C)(C)C)CC[C@]4(C)[C@H]3CC[C@@]21C. The van der Waals surface area contributed by atoms with Gasteiger partial charge in [-0.15, -0.1) is 0 Å². The van der Waals surface area contributed by atoms with Crippen molar-refractivity contribution in [3.05, 3.63) is 23.8 Å². The Labute approximate surface area is 247 Å². The fourth-order valence-electron chi connectivity index (χ4n) is 9.26. The molecular weight excluding hydrogens is 512 g/mol. The molecule has 0 radical (unpaired) electrons. The lowest BCUT2D eigenvalue weighted by molar-refractivity contribution is -0.112. The summed E-state index contributed by atoms with van der Waals surface area (Å²) in [6.07, 6.45) is 17.8. The first kappa shape index (κ1) is 32.5. The molecule has 5 heteroatoms. The quantitative estimate of drug-likeness (QED) is 0.169. The Balaban J connectivity index is 1.46. The number of ether oxygens (including phenoxy) is 2. The van der Waals surface area contributed by atoms with E-state index in [0.29, 0.717) is 30.1 Å². The van der Waals surface area contributed by atoms with Crippen molar-refractivity contribution in [1.82, 2.24) is 0 Å². The molecule has 0 aromatic carbocycles. The molecule has 0 amide bonds. The van der Waals surface area contributed by atoms with Gasteiger partial charge in [-0.3, -0.25) is 0 Å². The molecule has 8 atom stereocenters. The number of hydrogen-bond acceptors (Lipinski definition) is 4. The van der Waals surface area contributed by atoms with Crippen LogP contribution in [0.1, 0.15) is 113 Å². The van der Waals surface area contributed by atoms with E-state index in [1.165, 1.54) is 38.5 Å². The summed E-state index contributed by atoms with van der Waals surface area (Å²) in [6, 6.07) is 0. The van der Waals surface area contributed by atoms with Crippen LogP contribution in [0.3, 0.4) is 0 Å². The van der Waals surface area contributed by atoms with Crippen molar-refractivity contribution in [2.24, 2.45) is 34.5 Å². The van der Waals surface area contributed by atoms with Crippen molar-refractivity contribution in [1.29, 1.82) is 0 Å². The predicted molar refractivity (Wildman–Crippen MR) is 169 cm³/mol. The molecule has 1 N–H and O–H groups in total. The van der Waals surface area contributed by atoms with E-state index in [4.69, 9.17) is 13.9 Å². The molecule has 4 rings (SSSR count). The summed E-state index contributed by atoms with van der Waals surface area (Å²) < 4.78 is 17.8. The summed E-state index contributed by atoms with van der Waals surface area (Å²) in [5.41, 5.74) is 1.12. The second-order valence-corrected chi connectivity index (χ2v) is 21.6. The van der Waals surface area contributed by atoms with Gasteiger partial charge in [0.15, 0.2) is 8.32 Å². The van der Waals surface area contributed by atoms with Crippen molar-refractivity contribution in [3.63, 3.8) is 0 Å². The van der Waals surface area contributed by atoms with Gasteiger partial charge in [0.25, 0.3) is 0 Å². The van der Waals surface area contributed by atoms with Gasteiger partial charge < -0.3 is 19.0 Å². The molecule has 0 aromatic rings. The highest BCUT2D eigenvalue weighted by Crippen LogP contribution is 2.67. The molecule has 4 aliphatic carbocycles. The molecule has 3 fully saturated rings. The van der Waals surface area contributed by atoms with E-state index in [9.17, 15) is 5.11 Å². The normalized spacial score (nSPS) is 38.4. The van der Waals surface area contributed by atoms with Gasteiger partial charge in [-0.2, -0.15) is 0 Å². The van der Waals surface area contributed by atoms with E-state index >= 15 is 0 Å². The highest BCUT2D eigenvalue weighted by atomic mass is 28.4. The maximum atomic E-state index is 11.8. The molecule has 0 saturated heterocycles. The molecule has 4 aliphatic rings. The van der Waals surface area contributed by atoms with Crippen LogP contribution in [0.2, 0.25) is 18.1 Å². The summed E-state index contributed by atoms with van der Waals surface area (Å²) in [5.74, 6) is 2.53. The predicted octanol–water partition coefficient (Wildman–Crippen LogP) is 9.05. The summed E-state index contributed by atoms with van der Waals surface area (Å²) in [7, 11) is -0.102. The minimum absolute atomic E-state index is 0.196. The first-order chi connectivity index (χ1) is 18.4. The zero-order valence-electron chi connectivity index (χ0n) is 27.9. The van der Waals surface area contributed by atoms with E-state index in [1.807, 2.05) is 0 Å². The van der Waals surface area contributed by atoms with Gasteiger partial charge in [-0.05, 0) is 131 Å². The maximum Gasteiger partial charge on any atom is 0.192 e. The monoisotopic (exact) mass is 574 g/mol. The Bertz CT molecular complexity index is 959. The van der Waals surface area contributed by atoms with E-state index in [-0.39, 0.29) is 16.1 Å². The van der Waals surface area contributed by atoms with Crippen LogP contribution >= 0.6 is 0 Å². The average molecular weight is 575 g/mol. The Morgan fingerprint density at radius 3 is 2.35 bits per heavy atom. The molecular formula is C35H62O4Si. The molecule has 230 valence electrons. The lowest BCUT2D eigenvalue weighted by Gasteiger charge is -2.59. The Morgan fingerprint density at radius 2 is 1.70 bits per heavy atom. The second-order valence-electron chi connectivity index (χ2n) is 16.8. The third-order valence-corrected chi connectivity index (χ3v) is 17.2. The van der Waals surface area contributed by atoms with E-state index in [1.54, 1.807) is 12.7 Å². The first-order valence-electron chi connectivity index (χ1n) is 16.3. The average Bonchev–Trinajstić information content (AvgIpc) is 3.20. The number of rotatable bonds is 9. The van der Waals surface area contributed by atoms with Crippen LogP contribution in [0, 0.1) is 34.5 Å². The highest BCUT2D eigenvalue weighted by Gasteiger charge is 2.61. The smallest absolute Gasteiger partial charge is 0.192 e. The lowest BCUT2D eigenvalue weighted by Crippen LogP contribution is -2.53. The maximum absolute atomic E-state index is 11.8. The molecule has 40 heavy (non-hydrogen) atoms. The summed E-state index contributed by atoms with van der Waals surface area (Å²) in [6.45, 7) is 23.5. The van der Waals surface area contributed by atoms with Crippen LogP contribution in [0.5, 0.6) is 0 Å². The molecule has 0 aromatic heterocycles. The van der Waals surface area contributed by atoms with Gasteiger partial charge >= 0.3 is 0 Å². The highest BCUT2D eigenvalue weighted by molar-refractivity contribution is 6.74. The zero-order chi connectivity index (χ0) is 29.8. The van der Waals surface area contributed by atoms with Crippen molar-refractivity contribution in [2.75, 3.05) is 13.9 Å². The van der Waals surface area contributed by atoms with E-state index < -0.39 is 13.9 Å². The number of aliphatic hydroxyl groups is 1. The van der Waals surface area contributed by atoms with Crippen LogP contribution < -0.4 is 0 Å². The first-order valence-corrected chi connectivity index (χ1v) is 19.2. The van der Waals surface area contributed by atoms with Gasteiger partial charge in [0.2, 0.25) is 0 Å². The molecule has 0 aliphatic heterocycles. The molecule has 0 spiro atoms. The van der Waals surface area contributed by atoms with Crippen molar-refractivity contribution in [2.45, 2.75) is 149 Å². The lowest BCUT2D eigenvalue weighted by atomic mass is 9.47. The van der Waals surface area contributed by atoms with Crippen LogP contribution in [-0.2, 0) is 13.9 Å². The third-order valence-electron chi connectivity index (χ3n) is 12.7. The van der Waals surface area contributed by atoms with Gasteiger partial charge in [-0.1, -0.05) is 58.4 Å². The number of fused-ring (bicyclic) bond motifs is 5. The van der Waals surface area contributed by atoms with Crippen LogP contribution in [0.4, 0.5) is 0 Å². The summed E-state index contributed by atoms with van der Waals surface area (Å²) >= 11 is 0. The molecule has 0 unspecified atom stereocenters. The standard InChI is InChI=1S/C35H62O4Si/c1-31(2,3)40(10,11)39-26-17-21-33(6)25(23-26)13-14-27-28-15-16-30(34(28,7)22-18-29(27)33)35(8,36)20-12-19-32(4,5)38-24-37-9/h12-13,20,26-30,36H,14-19,21-24H2,1-11H3/b20-12-/t26-,27-,28-,29-,30-,33-,34-,35-/m0/s1. The zero-order valence-corrected chi connectivity index (χ0v) is 28.9. The summed E-state index contributed by atoms with van der Waals surface area (Å²) in [4.78, 5) is 0. The number of methoxy groups -OCH3 is 1. The van der Waals surface area contributed by atoms with Crippen LogP contribution in [-0.4, -0.2) is 44.6 Å². The minimum atomic E-state index is -1.76. The van der Waals surface area contributed by atoms with Crippen LogP contribution in [0.25, 0.3) is 0 Å². The third kappa shape index (κ3) is 6.11. The summed E-state index contributed by atoms with van der Waals surface area (Å²) in [5, 5.41) is 12.1. The van der Waals surface area contributed by atoms with Gasteiger partial charge in [0.05, 0.1) is 11.2 Å². The minimum Gasteiger partial charge on any atom is -0.414 e. The van der Waals surface area contributed by atoms with Gasteiger partial charge in [0.1, 0.15) is 6.79 Å². The molecule has 3 saturated carbocycles. The fourth-order valence-corrected chi connectivity index (χ4v) is 10.6. The van der Waals surface area contributed by atoms with E-state index in [2.05, 4.69) is 86.7 Å². The van der Waals surface area contributed by atoms with Crippen molar-refractivity contribution in [3.8, 4) is 0 Å². The van der Waals surface area contributed by atoms with Gasteiger partial charge in [-0.25, -0.2) is 0 Å². The molecule has 0 heterocycles. The molecule has 4 nitrogen and oxygen atoms in total. The largest absolute Gasteiger partial charge is 0.414 e. The van der Waals surface area contributed by atoms with E-state index in [0.717, 1.165) is 31.1 Å². The fraction of sp³-hybridized carbons (Fsp3) is 0.886. The number of hydrogen-bond donors (Lipinski definition) is 1. The Kier molecular flexibility index (Phi) is 9.11. The van der Waals surface area contributed by atoms with Crippen molar-refractivity contribution >= 4 is 8.32 Å². The Hall–Kier alpha value is -0.463. The van der Waals surface area contributed by atoms with Crippen LogP contribution in [0.15, 0.2) is 23.8 Å².